The van der Waals surface area contributed by atoms with Crippen LogP contribution in [0.1, 0.15) is 37.7 Å². The SMILES string of the molecule is Cc1cc2nc(COc3cc(NC(=O)CN4C(=O)c5ccccc5C4=O)ccc3C)cc(=O)n2o1. The van der Waals surface area contributed by atoms with Crippen LogP contribution >= 0.6 is 0 Å². The highest BCUT2D eigenvalue weighted by molar-refractivity contribution is 6.22. The van der Waals surface area contributed by atoms with Crippen molar-refractivity contribution in [1.29, 1.82) is 0 Å². The number of rotatable bonds is 6. The van der Waals surface area contributed by atoms with Gasteiger partial charge in [-0.25, -0.2) is 4.98 Å². The minimum absolute atomic E-state index is 0.0310. The zero-order valence-electron chi connectivity index (χ0n) is 18.9. The number of aromatic nitrogens is 2. The van der Waals surface area contributed by atoms with Crippen molar-refractivity contribution < 1.29 is 23.6 Å². The normalized spacial score (nSPS) is 12.8. The molecule has 0 fully saturated rings. The molecule has 10 nitrogen and oxygen atoms in total. The van der Waals surface area contributed by atoms with Gasteiger partial charge in [0.05, 0.1) is 16.8 Å². The number of aryl methyl sites for hydroxylation is 2. The molecular formula is C25H20N4O6. The highest BCUT2D eigenvalue weighted by Crippen LogP contribution is 2.25. The number of ether oxygens (including phenoxy) is 1. The smallest absolute Gasteiger partial charge is 0.287 e. The van der Waals surface area contributed by atoms with Gasteiger partial charge in [0.1, 0.15) is 24.7 Å². The number of carbonyl (C=O) groups excluding carboxylic acids is 3. The highest BCUT2D eigenvalue weighted by Gasteiger charge is 2.36. The third kappa shape index (κ3) is 4.17. The van der Waals surface area contributed by atoms with E-state index in [9.17, 15) is 19.2 Å². The lowest BCUT2D eigenvalue weighted by Crippen LogP contribution is -2.37. The van der Waals surface area contributed by atoms with Crippen LogP contribution in [0.25, 0.3) is 5.65 Å². The number of amides is 3. The first-order valence-corrected chi connectivity index (χ1v) is 10.8. The number of anilines is 1. The first-order chi connectivity index (χ1) is 16.8. The molecule has 1 aliphatic rings. The maximum Gasteiger partial charge on any atom is 0.287 e. The van der Waals surface area contributed by atoms with Crippen LogP contribution < -0.4 is 15.6 Å². The molecule has 2 aromatic heterocycles. The molecule has 5 rings (SSSR count). The molecule has 0 saturated carbocycles. The predicted molar refractivity (Wildman–Crippen MR) is 124 cm³/mol. The van der Waals surface area contributed by atoms with Gasteiger partial charge in [-0.15, -0.1) is 4.57 Å². The standard InChI is InChI=1S/C25H20N4O6/c1-14-7-8-16(27-22(30)12-28-24(32)18-5-3-4-6-19(18)25(28)33)10-20(14)34-13-17-11-23(31)29-21(26-17)9-15(2)35-29/h3-11H,12-13H2,1-2H3,(H,27,30). The van der Waals surface area contributed by atoms with Gasteiger partial charge in [0.15, 0.2) is 5.65 Å². The Morgan fingerprint density at radius 2 is 1.71 bits per heavy atom. The number of hydrogen-bond acceptors (Lipinski definition) is 7. The topological polar surface area (TPSA) is 123 Å². The minimum atomic E-state index is -0.523. The Kier molecular flexibility index (Phi) is 5.40. The number of nitrogens with one attached hydrogen (secondary N) is 1. The molecule has 2 aromatic carbocycles. The monoisotopic (exact) mass is 472 g/mol. The summed E-state index contributed by atoms with van der Waals surface area (Å²) in [5.74, 6) is -0.476. The summed E-state index contributed by atoms with van der Waals surface area (Å²) in [6.07, 6.45) is 0. The Hall–Kier alpha value is -4.73. The van der Waals surface area contributed by atoms with E-state index in [0.29, 0.717) is 28.5 Å². The average Bonchev–Trinajstić information content (AvgIpc) is 3.32. The first-order valence-electron chi connectivity index (χ1n) is 10.8. The van der Waals surface area contributed by atoms with Crippen molar-refractivity contribution in [3.63, 3.8) is 0 Å². The third-order valence-corrected chi connectivity index (χ3v) is 5.55. The summed E-state index contributed by atoms with van der Waals surface area (Å²) in [4.78, 5) is 55.1. The van der Waals surface area contributed by atoms with E-state index in [2.05, 4.69) is 10.3 Å². The molecule has 35 heavy (non-hydrogen) atoms. The lowest BCUT2D eigenvalue weighted by molar-refractivity contribution is -0.116. The molecule has 176 valence electrons. The summed E-state index contributed by atoms with van der Waals surface area (Å²) in [5, 5.41) is 2.69. The van der Waals surface area contributed by atoms with Crippen molar-refractivity contribution in [2.45, 2.75) is 20.5 Å². The van der Waals surface area contributed by atoms with E-state index in [4.69, 9.17) is 9.26 Å². The van der Waals surface area contributed by atoms with Gasteiger partial charge >= 0.3 is 0 Å². The number of nitrogens with zero attached hydrogens (tertiary/aromatic N) is 3. The van der Waals surface area contributed by atoms with Gasteiger partial charge in [0.2, 0.25) is 5.91 Å². The van der Waals surface area contributed by atoms with Crippen LogP contribution in [0.15, 0.2) is 63.9 Å². The highest BCUT2D eigenvalue weighted by atomic mass is 16.5. The molecular weight excluding hydrogens is 452 g/mol. The van der Waals surface area contributed by atoms with E-state index in [1.807, 2.05) is 6.92 Å². The summed E-state index contributed by atoms with van der Waals surface area (Å²) in [7, 11) is 0. The lowest BCUT2D eigenvalue weighted by atomic mass is 10.1. The second kappa shape index (κ2) is 8.56. The molecule has 0 unspecified atom stereocenters. The van der Waals surface area contributed by atoms with Crippen LogP contribution in [0, 0.1) is 13.8 Å². The summed E-state index contributed by atoms with van der Waals surface area (Å²) in [6.45, 7) is 3.18. The van der Waals surface area contributed by atoms with E-state index >= 15 is 0 Å². The largest absolute Gasteiger partial charge is 0.487 e. The number of fused-ring (bicyclic) bond motifs is 2. The summed E-state index contributed by atoms with van der Waals surface area (Å²) in [6, 6.07) is 14.5. The maximum absolute atomic E-state index is 12.6. The maximum atomic E-state index is 12.6. The van der Waals surface area contributed by atoms with Crippen LogP contribution in [0.4, 0.5) is 5.69 Å². The Bertz CT molecular complexity index is 1530. The average molecular weight is 472 g/mol. The van der Waals surface area contributed by atoms with Gasteiger partial charge in [0, 0.05) is 23.9 Å². The molecule has 0 bridgehead atoms. The van der Waals surface area contributed by atoms with Crippen molar-refractivity contribution in [3.8, 4) is 5.75 Å². The summed E-state index contributed by atoms with van der Waals surface area (Å²) in [5.41, 5.74) is 2.27. The van der Waals surface area contributed by atoms with Crippen LogP contribution in [-0.4, -0.2) is 38.7 Å². The van der Waals surface area contributed by atoms with E-state index in [0.717, 1.165) is 15.0 Å². The van der Waals surface area contributed by atoms with Gasteiger partial charge < -0.3 is 14.6 Å². The second-order valence-corrected chi connectivity index (χ2v) is 8.14. The summed E-state index contributed by atoms with van der Waals surface area (Å²) < 4.78 is 12.2. The molecule has 0 spiro atoms. The van der Waals surface area contributed by atoms with Gasteiger partial charge in [-0.05, 0) is 37.6 Å². The Balaban J connectivity index is 1.26. The number of benzene rings is 2. The zero-order chi connectivity index (χ0) is 24.7. The molecule has 3 heterocycles. The number of hydrogen-bond donors (Lipinski definition) is 1. The second-order valence-electron chi connectivity index (χ2n) is 8.14. The van der Waals surface area contributed by atoms with Crippen molar-refractivity contribution in [1.82, 2.24) is 14.5 Å². The molecule has 3 amide bonds. The van der Waals surface area contributed by atoms with E-state index < -0.39 is 24.3 Å². The minimum Gasteiger partial charge on any atom is -0.487 e. The fraction of sp³-hybridized carbons (Fsp3) is 0.160. The van der Waals surface area contributed by atoms with E-state index in [1.54, 1.807) is 55.5 Å². The Morgan fingerprint density at radius 1 is 1.00 bits per heavy atom. The van der Waals surface area contributed by atoms with E-state index in [-0.39, 0.29) is 23.3 Å². The first kappa shape index (κ1) is 22.1. The predicted octanol–water partition coefficient (Wildman–Crippen LogP) is 2.72. The third-order valence-electron chi connectivity index (χ3n) is 5.55. The van der Waals surface area contributed by atoms with Crippen LogP contribution in [0.2, 0.25) is 0 Å². The van der Waals surface area contributed by atoms with Crippen molar-refractivity contribution in [2.75, 3.05) is 11.9 Å². The van der Waals surface area contributed by atoms with E-state index in [1.165, 1.54) is 6.07 Å². The summed E-state index contributed by atoms with van der Waals surface area (Å²) >= 11 is 0. The molecule has 0 radical (unpaired) electrons. The van der Waals surface area contributed by atoms with Crippen LogP contribution in [0.3, 0.4) is 0 Å². The van der Waals surface area contributed by atoms with Crippen molar-refractivity contribution >= 4 is 29.1 Å². The van der Waals surface area contributed by atoms with Crippen molar-refractivity contribution in [3.05, 3.63) is 93.1 Å². The van der Waals surface area contributed by atoms with Crippen molar-refractivity contribution in [2.24, 2.45) is 0 Å². The molecule has 0 aliphatic carbocycles. The number of imide groups is 1. The van der Waals surface area contributed by atoms with Gasteiger partial charge in [0.25, 0.3) is 17.4 Å². The van der Waals surface area contributed by atoms with Gasteiger partial charge in [-0.3, -0.25) is 24.1 Å². The van der Waals surface area contributed by atoms with Gasteiger partial charge in [-0.1, -0.05) is 18.2 Å². The molecule has 1 aliphatic heterocycles. The number of carbonyl (C=O) groups is 3. The van der Waals surface area contributed by atoms with Crippen LogP contribution in [-0.2, 0) is 11.4 Å². The molecule has 4 aromatic rings. The van der Waals surface area contributed by atoms with Gasteiger partial charge in [-0.2, -0.15) is 0 Å². The Labute approximate surface area is 198 Å². The quantitative estimate of drug-likeness (QED) is 0.428. The molecule has 0 saturated heterocycles. The lowest BCUT2D eigenvalue weighted by Gasteiger charge is -2.15. The fourth-order valence-corrected chi connectivity index (χ4v) is 3.86. The molecule has 0 atom stereocenters. The Morgan fingerprint density at radius 3 is 2.43 bits per heavy atom. The molecule has 10 heteroatoms. The van der Waals surface area contributed by atoms with Crippen LogP contribution in [0.5, 0.6) is 5.75 Å². The molecule has 1 N–H and O–H groups in total. The zero-order valence-corrected chi connectivity index (χ0v) is 18.9. The fourth-order valence-electron chi connectivity index (χ4n) is 3.86.